The summed E-state index contributed by atoms with van der Waals surface area (Å²) in [5.74, 6) is 0.906. The average Bonchev–Trinajstić information content (AvgIpc) is 3.12. The van der Waals surface area contributed by atoms with E-state index in [1.807, 2.05) is 23.1 Å². The number of amides is 2. The predicted molar refractivity (Wildman–Crippen MR) is 99.8 cm³/mol. The van der Waals surface area contributed by atoms with E-state index >= 15 is 0 Å². The molecule has 1 heterocycles. The number of piperazine rings is 1. The minimum atomic E-state index is 0.0900. The SMILES string of the molecule is O=C(NCCCC1CCCC1)N1CCN(c2cccc(Cl)c2)CC1. The first-order valence-electron chi connectivity index (χ1n) is 9.25. The lowest BCUT2D eigenvalue weighted by Gasteiger charge is -2.36. The first-order valence-corrected chi connectivity index (χ1v) is 9.63. The molecule has 2 fully saturated rings. The lowest BCUT2D eigenvalue weighted by atomic mass is 10.0. The Labute approximate surface area is 150 Å². The largest absolute Gasteiger partial charge is 0.368 e. The Kier molecular flexibility index (Phi) is 6.24. The zero-order valence-corrected chi connectivity index (χ0v) is 15.1. The van der Waals surface area contributed by atoms with Crippen molar-refractivity contribution < 1.29 is 4.79 Å². The number of nitrogens with one attached hydrogen (secondary N) is 1. The molecule has 1 aromatic rings. The van der Waals surface area contributed by atoms with Crippen LogP contribution in [-0.2, 0) is 0 Å². The van der Waals surface area contributed by atoms with Gasteiger partial charge in [-0.05, 0) is 37.0 Å². The molecule has 0 unspecified atom stereocenters. The van der Waals surface area contributed by atoms with Gasteiger partial charge in [0.15, 0.2) is 0 Å². The van der Waals surface area contributed by atoms with Crippen LogP contribution >= 0.6 is 11.6 Å². The van der Waals surface area contributed by atoms with E-state index in [0.29, 0.717) is 0 Å². The van der Waals surface area contributed by atoms with E-state index in [0.717, 1.165) is 55.8 Å². The topological polar surface area (TPSA) is 35.6 Å². The van der Waals surface area contributed by atoms with Crippen LogP contribution in [-0.4, -0.2) is 43.7 Å². The molecule has 3 rings (SSSR count). The quantitative estimate of drug-likeness (QED) is 0.811. The Balaban J connectivity index is 1.35. The van der Waals surface area contributed by atoms with E-state index in [-0.39, 0.29) is 6.03 Å². The Morgan fingerprint density at radius 2 is 1.92 bits per heavy atom. The van der Waals surface area contributed by atoms with Crippen LogP contribution in [0.3, 0.4) is 0 Å². The number of hydrogen-bond donors (Lipinski definition) is 1. The summed E-state index contributed by atoms with van der Waals surface area (Å²) >= 11 is 6.06. The number of carbonyl (C=O) groups is 1. The van der Waals surface area contributed by atoms with Crippen molar-refractivity contribution in [2.75, 3.05) is 37.6 Å². The summed E-state index contributed by atoms with van der Waals surface area (Å²) in [5.41, 5.74) is 1.14. The Bertz CT molecular complexity index is 537. The van der Waals surface area contributed by atoms with Gasteiger partial charge in [0.25, 0.3) is 0 Å². The van der Waals surface area contributed by atoms with Crippen molar-refractivity contribution in [3.8, 4) is 0 Å². The summed E-state index contributed by atoms with van der Waals surface area (Å²) in [5, 5.41) is 3.85. The Hall–Kier alpha value is -1.42. The number of halogens is 1. The molecule has 1 aromatic carbocycles. The van der Waals surface area contributed by atoms with Gasteiger partial charge >= 0.3 is 6.03 Å². The second-order valence-electron chi connectivity index (χ2n) is 6.98. The molecule has 1 N–H and O–H groups in total. The van der Waals surface area contributed by atoms with Gasteiger partial charge in [-0.2, -0.15) is 0 Å². The summed E-state index contributed by atoms with van der Waals surface area (Å²) in [4.78, 5) is 16.5. The Morgan fingerprint density at radius 1 is 1.17 bits per heavy atom. The monoisotopic (exact) mass is 349 g/mol. The molecule has 1 saturated carbocycles. The molecule has 1 aliphatic carbocycles. The number of rotatable bonds is 5. The van der Waals surface area contributed by atoms with E-state index in [1.165, 1.54) is 32.1 Å². The minimum Gasteiger partial charge on any atom is -0.368 e. The van der Waals surface area contributed by atoms with Gasteiger partial charge in [-0.3, -0.25) is 0 Å². The number of carbonyl (C=O) groups excluding carboxylic acids is 1. The van der Waals surface area contributed by atoms with Crippen LogP contribution < -0.4 is 10.2 Å². The van der Waals surface area contributed by atoms with Crippen LogP contribution in [0.4, 0.5) is 10.5 Å². The lowest BCUT2D eigenvalue weighted by molar-refractivity contribution is 0.194. The van der Waals surface area contributed by atoms with Crippen LogP contribution in [0.5, 0.6) is 0 Å². The number of hydrogen-bond acceptors (Lipinski definition) is 2. The maximum atomic E-state index is 12.3. The fourth-order valence-electron chi connectivity index (χ4n) is 3.84. The van der Waals surface area contributed by atoms with Crippen LogP contribution in [0.25, 0.3) is 0 Å². The molecule has 2 amide bonds. The number of nitrogens with zero attached hydrogens (tertiary/aromatic N) is 2. The highest BCUT2D eigenvalue weighted by Crippen LogP contribution is 2.28. The van der Waals surface area contributed by atoms with Gasteiger partial charge in [0.2, 0.25) is 0 Å². The summed E-state index contributed by atoms with van der Waals surface area (Å²) < 4.78 is 0. The molecule has 0 radical (unpaired) electrons. The van der Waals surface area contributed by atoms with Crippen LogP contribution in [0.2, 0.25) is 5.02 Å². The number of benzene rings is 1. The molecule has 0 bridgehead atoms. The fraction of sp³-hybridized carbons (Fsp3) is 0.632. The second-order valence-corrected chi connectivity index (χ2v) is 7.42. The third-order valence-electron chi connectivity index (χ3n) is 5.28. The second kappa shape index (κ2) is 8.61. The van der Waals surface area contributed by atoms with Crippen molar-refractivity contribution in [1.82, 2.24) is 10.2 Å². The van der Waals surface area contributed by atoms with Crippen LogP contribution in [0, 0.1) is 5.92 Å². The first kappa shape index (κ1) is 17.4. The molecular weight excluding hydrogens is 322 g/mol. The van der Waals surface area contributed by atoms with Crippen molar-refractivity contribution in [3.63, 3.8) is 0 Å². The third-order valence-corrected chi connectivity index (χ3v) is 5.52. The van der Waals surface area contributed by atoms with Gasteiger partial charge in [0.05, 0.1) is 0 Å². The van der Waals surface area contributed by atoms with E-state index < -0.39 is 0 Å². The molecule has 1 saturated heterocycles. The van der Waals surface area contributed by atoms with Gasteiger partial charge < -0.3 is 15.1 Å². The molecule has 0 aromatic heterocycles. The molecule has 0 atom stereocenters. The molecule has 4 nitrogen and oxygen atoms in total. The van der Waals surface area contributed by atoms with Crippen molar-refractivity contribution in [1.29, 1.82) is 0 Å². The maximum absolute atomic E-state index is 12.3. The van der Waals surface area contributed by atoms with Crippen molar-refractivity contribution in [3.05, 3.63) is 29.3 Å². The van der Waals surface area contributed by atoms with Crippen molar-refractivity contribution in [2.24, 2.45) is 5.92 Å². The highest BCUT2D eigenvalue weighted by atomic mass is 35.5. The summed E-state index contributed by atoms with van der Waals surface area (Å²) in [6.45, 7) is 4.05. The lowest BCUT2D eigenvalue weighted by Crippen LogP contribution is -2.52. The molecular formula is C19H28ClN3O. The van der Waals surface area contributed by atoms with E-state index in [1.54, 1.807) is 0 Å². The number of anilines is 1. The van der Waals surface area contributed by atoms with Gasteiger partial charge in [-0.1, -0.05) is 43.4 Å². The zero-order chi connectivity index (χ0) is 16.8. The third kappa shape index (κ3) is 4.79. The Morgan fingerprint density at radius 3 is 2.62 bits per heavy atom. The van der Waals surface area contributed by atoms with E-state index in [4.69, 9.17) is 11.6 Å². The first-order chi connectivity index (χ1) is 11.7. The summed E-state index contributed by atoms with van der Waals surface area (Å²) in [7, 11) is 0. The van der Waals surface area contributed by atoms with E-state index in [2.05, 4.69) is 16.3 Å². The van der Waals surface area contributed by atoms with Crippen LogP contribution in [0.15, 0.2) is 24.3 Å². The molecule has 2 aliphatic rings. The van der Waals surface area contributed by atoms with Gasteiger partial charge in [-0.15, -0.1) is 0 Å². The smallest absolute Gasteiger partial charge is 0.317 e. The highest BCUT2D eigenvalue weighted by Gasteiger charge is 2.21. The number of urea groups is 1. The predicted octanol–water partition coefficient (Wildman–Crippen LogP) is 4.14. The molecule has 0 spiro atoms. The normalized spacial score (nSPS) is 18.9. The highest BCUT2D eigenvalue weighted by molar-refractivity contribution is 6.30. The summed E-state index contributed by atoms with van der Waals surface area (Å²) in [6.07, 6.45) is 7.95. The molecule has 24 heavy (non-hydrogen) atoms. The minimum absolute atomic E-state index is 0.0900. The van der Waals surface area contributed by atoms with Gasteiger partial charge in [0.1, 0.15) is 0 Å². The molecule has 132 valence electrons. The summed E-state index contributed by atoms with van der Waals surface area (Å²) in [6, 6.07) is 8.01. The maximum Gasteiger partial charge on any atom is 0.317 e. The van der Waals surface area contributed by atoms with Gasteiger partial charge in [-0.25, -0.2) is 4.79 Å². The standard InChI is InChI=1S/C19H28ClN3O/c20-17-8-3-9-18(15-17)22-11-13-23(14-12-22)19(24)21-10-4-7-16-5-1-2-6-16/h3,8-9,15-16H,1-2,4-7,10-14H2,(H,21,24). The average molecular weight is 350 g/mol. The fourth-order valence-corrected chi connectivity index (χ4v) is 4.02. The van der Waals surface area contributed by atoms with Crippen LogP contribution in [0.1, 0.15) is 38.5 Å². The van der Waals surface area contributed by atoms with Crippen molar-refractivity contribution in [2.45, 2.75) is 38.5 Å². The van der Waals surface area contributed by atoms with E-state index in [9.17, 15) is 4.79 Å². The zero-order valence-electron chi connectivity index (χ0n) is 14.3. The van der Waals surface area contributed by atoms with Crippen molar-refractivity contribution >= 4 is 23.3 Å². The molecule has 1 aliphatic heterocycles. The molecule has 5 heteroatoms. The van der Waals surface area contributed by atoms with Gasteiger partial charge in [0, 0.05) is 43.4 Å².